The van der Waals surface area contributed by atoms with Gasteiger partial charge in [-0.2, -0.15) is 0 Å². The summed E-state index contributed by atoms with van der Waals surface area (Å²) in [5.41, 5.74) is 2.25. The van der Waals surface area contributed by atoms with Crippen molar-refractivity contribution in [1.29, 1.82) is 0 Å². The molecule has 1 atom stereocenters. The van der Waals surface area contributed by atoms with Crippen molar-refractivity contribution in [3.05, 3.63) is 54.1 Å². The Labute approximate surface area is 135 Å². The van der Waals surface area contributed by atoms with Crippen LogP contribution in [-0.4, -0.2) is 25.9 Å². The molecule has 5 heteroatoms. The number of anilines is 1. The van der Waals surface area contributed by atoms with E-state index in [2.05, 4.69) is 22.3 Å². The van der Waals surface area contributed by atoms with Gasteiger partial charge in [0.05, 0.1) is 20.3 Å². The summed E-state index contributed by atoms with van der Waals surface area (Å²) in [6, 6.07) is 16.2. The standard InChI is InChI=1S/C17H18N2O2S/c1-20-14-7-3-12(4-8-14)16-11-18-17(22)19(16)13-5-9-15(21-2)10-6-13/h3-10,16H,11H2,1-2H3,(H,18,22). The van der Waals surface area contributed by atoms with Crippen LogP contribution in [0.2, 0.25) is 0 Å². The van der Waals surface area contributed by atoms with E-state index in [1.165, 1.54) is 5.56 Å². The number of methoxy groups -OCH3 is 2. The van der Waals surface area contributed by atoms with Crippen molar-refractivity contribution < 1.29 is 9.47 Å². The van der Waals surface area contributed by atoms with E-state index in [4.69, 9.17) is 21.7 Å². The highest BCUT2D eigenvalue weighted by atomic mass is 32.1. The average molecular weight is 314 g/mol. The van der Waals surface area contributed by atoms with Crippen molar-refractivity contribution in [2.24, 2.45) is 0 Å². The SMILES string of the molecule is COc1ccc(C2CNC(=S)N2c2ccc(OC)cc2)cc1. The average Bonchev–Trinajstić information content (AvgIpc) is 2.96. The summed E-state index contributed by atoms with van der Waals surface area (Å²) in [5.74, 6) is 1.69. The molecule has 2 aromatic rings. The van der Waals surface area contributed by atoms with Crippen LogP contribution in [0.3, 0.4) is 0 Å². The molecule has 4 nitrogen and oxygen atoms in total. The number of hydrogen-bond donors (Lipinski definition) is 1. The van der Waals surface area contributed by atoms with Gasteiger partial charge in [0.25, 0.3) is 0 Å². The zero-order chi connectivity index (χ0) is 15.5. The smallest absolute Gasteiger partial charge is 0.174 e. The Morgan fingerprint density at radius 3 is 2.05 bits per heavy atom. The van der Waals surface area contributed by atoms with Crippen LogP contribution in [0.25, 0.3) is 0 Å². The molecular formula is C17H18N2O2S. The molecule has 1 aliphatic rings. The maximum absolute atomic E-state index is 5.47. The lowest BCUT2D eigenvalue weighted by Crippen LogP contribution is -2.29. The lowest BCUT2D eigenvalue weighted by molar-refractivity contribution is 0.414. The highest BCUT2D eigenvalue weighted by molar-refractivity contribution is 7.80. The zero-order valence-electron chi connectivity index (χ0n) is 12.6. The molecule has 1 heterocycles. The maximum atomic E-state index is 5.47. The lowest BCUT2D eigenvalue weighted by atomic mass is 10.1. The number of benzene rings is 2. The van der Waals surface area contributed by atoms with E-state index in [1.807, 2.05) is 36.4 Å². The zero-order valence-corrected chi connectivity index (χ0v) is 13.4. The molecule has 0 aliphatic carbocycles. The largest absolute Gasteiger partial charge is 0.497 e. The molecule has 1 unspecified atom stereocenters. The summed E-state index contributed by atoms with van der Waals surface area (Å²) >= 11 is 5.47. The fourth-order valence-electron chi connectivity index (χ4n) is 2.63. The van der Waals surface area contributed by atoms with E-state index in [1.54, 1.807) is 14.2 Å². The Kier molecular flexibility index (Phi) is 4.15. The van der Waals surface area contributed by atoms with Crippen LogP contribution in [0, 0.1) is 0 Å². The van der Waals surface area contributed by atoms with Gasteiger partial charge in [-0.25, -0.2) is 0 Å². The van der Waals surface area contributed by atoms with Crippen molar-refractivity contribution in [2.45, 2.75) is 6.04 Å². The molecule has 22 heavy (non-hydrogen) atoms. The summed E-state index contributed by atoms with van der Waals surface area (Å²) in [7, 11) is 3.34. The number of thiocarbonyl (C=S) groups is 1. The molecule has 2 aromatic carbocycles. The van der Waals surface area contributed by atoms with Gasteiger partial charge in [-0.1, -0.05) is 12.1 Å². The predicted molar refractivity (Wildman–Crippen MR) is 91.8 cm³/mol. The van der Waals surface area contributed by atoms with E-state index >= 15 is 0 Å². The Hall–Kier alpha value is -2.27. The topological polar surface area (TPSA) is 33.7 Å². The normalized spacial score (nSPS) is 17.3. The Morgan fingerprint density at radius 1 is 0.955 bits per heavy atom. The van der Waals surface area contributed by atoms with Gasteiger partial charge in [-0.3, -0.25) is 0 Å². The number of hydrogen-bond acceptors (Lipinski definition) is 3. The first-order chi connectivity index (χ1) is 10.7. The molecule has 1 saturated heterocycles. The van der Waals surface area contributed by atoms with Crippen molar-refractivity contribution in [3.8, 4) is 11.5 Å². The lowest BCUT2D eigenvalue weighted by Gasteiger charge is -2.25. The number of rotatable bonds is 4. The van der Waals surface area contributed by atoms with Crippen LogP contribution in [0.1, 0.15) is 11.6 Å². The molecule has 0 aromatic heterocycles. The van der Waals surface area contributed by atoms with E-state index in [-0.39, 0.29) is 6.04 Å². The monoisotopic (exact) mass is 314 g/mol. The summed E-state index contributed by atoms with van der Waals surface area (Å²) in [6.45, 7) is 0.789. The third-order valence-electron chi connectivity index (χ3n) is 3.83. The molecule has 0 radical (unpaired) electrons. The van der Waals surface area contributed by atoms with Crippen molar-refractivity contribution in [1.82, 2.24) is 5.32 Å². The minimum absolute atomic E-state index is 0.173. The number of nitrogens with zero attached hydrogens (tertiary/aromatic N) is 1. The third kappa shape index (κ3) is 2.72. The molecular weight excluding hydrogens is 296 g/mol. The first-order valence-electron chi connectivity index (χ1n) is 7.08. The van der Waals surface area contributed by atoms with Crippen LogP contribution in [0.5, 0.6) is 11.5 Å². The molecule has 0 spiro atoms. The molecule has 1 N–H and O–H groups in total. The predicted octanol–water partition coefficient (Wildman–Crippen LogP) is 3.14. The molecule has 1 aliphatic heterocycles. The van der Waals surface area contributed by atoms with Crippen LogP contribution < -0.4 is 19.7 Å². The highest BCUT2D eigenvalue weighted by Crippen LogP contribution is 2.32. The Balaban J connectivity index is 1.90. The Bertz CT molecular complexity index is 655. The second-order valence-corrected chi connectivity index (χ2v) is 5.43. The first kappa shape index (κ1) is 14.7. The summed E-state index contributed by atoms with van der Waals surface area (Å²) in [5, 5.41) is 4.01. The number of nitrogens with one attached hydrogen (secondary N) is 1. The van der Waals surface area contributed by atoms with Crippen LogP contribution in [0.15, 0.2) is 48.5 Å². The fraction of sp³-hybridized carbons (Fsp3) is 0.235. The van der Waals surface area contributed by atoms with Gasteiger partial charge in [-0.05, 0) is 54.2 Å². The van der Waals surface area contributed by atoms with Crippen LogP contribution in [-0.2, 0) is 0 Å². The van der Waals surface area contributed by atoms with Crippen molar-refractivity contribution in [2.75, 3.05) is 25.7 Å². The van der Waals surface area contributed by atoms with Gasteiger partial charge in [0.1, 0.15) is 11.5 Å². The Morgan fingerprint density at radius 2 is 1.50 bits per heavy atom. The molecule has 3 rings (SSSR count). The van der Waals surface area contributed by atoms with E-state index < -0.39 is 0 Å². The minimum Gasteiger partial charge on any atom is -0.497 e. The molecule has 0 amide bonds. The van der Waals surface area contributed by atoms with Gasteiger partial charge in [-0.15, -0.1) is 0 Å². The van der Waals surface area contributed by atoms with E-state index in [9.17, 15) is 0 Å². The summed E-state index contributed by atoms with van der Waals surface area (Å²) in [6.07, 6.45) is 0. The minimum atomic E-state index is 0.173. The van der Waals surface area contributed by atoms with E-state index in [0.29, 0.717) is 0 Å². The quantitative estimate of drug-likeness (QED) is 0.877. The molecule has 0 saturated carbocycles. The second-order valence-electron chi connectivity index (χ2n) is 5.04. The third-order valence-corrected chi connectivity index (χ3v) is 4.17. The highest BCUT2D eigenvalue weighted by Gasteiger charge is 2.30. The van der Waals surface area contributed by atoms with E-state index in [0.717, 1.165) is 28.8 Å². The van der Waals surface area contributed by atoms with Crippen molar-refractivity contribution >= 4 is 23.0 Å². The molecule has 0 bridgehead atoms. The van der Waals surface area contributed by atoms with Crippen LogP contribution >= 0.6 is 12.2 Å². The van der Waals surface area contributed by atoms with Gasteiger partial charge in [0.15, 0.2) is 5.11 Å². The van der Waals surface area contributed by atoms with Gasteiger partial charge < -0.3 is 19.7 Å². The molecule has 1 fully saturated rings. The summed E-state index contributed by atoms with van der Waals surface area (Å²) in [4.78, 5) is 2.14. The molecule has 114 valence electrons. The van der Waals surface area contributed by atoms with Gasteiger partial charge in [0, 0.05) is 12.2 Å². The fourth-order valence-corrected chi connectivity index (χ4v) is 2.95. The van der Waals surface area contributed by atoms with Crippen molar-refractivity contribution in [3.63, 3.8) is 0 Å². The second kappa shape index (κ2) is 6.23. The van der Waals surface area contributed by atoms with Gasteiger partial charge >= 0.3 is 0 Å². The van der Waals surface area contributed by atoms with Gasteiger partial charge in [0.2, 0.25) is 0 Å². The number of ether oxygens (including phenoxy) is 2. The first-order valence-corrected chi connectivity index (χ1v) is 7.49. The van der Waals surface area contributed by atoms with Crippen LogP contribution in [0.4, 0.5) is 5.69 Å². The maximum Gasteiger partial charge on any atom is 0.174 e. The summed E-state index contributed by atoms with van der Waals surface area (Å²) < 4.78 is 10.4.